The van der Waals surface area contributed by atoms with Crippen LogP contribution in [-0.2, 0) is 4.74 Å². The van der Waals surface area contributed by atoms with Crippen LogP contribution in [-0.4, -0.2) is 38.4 Å². The molecule has 2 aromatic heterocycles. The lowest BCUT2D eigenvalue weighted by atomic mass is 9.96. The fraction of sp³-hybridized carbons (Fsp3) is 0.696. The van der Waals surface area contributed by atoms with Crippen molar-refractivity contribution >= 4 is 17.6 Å². The Morgan fingerprint density at radius 3 is 2.67 bits per heavy atom. The number of nitrogens with one attached hydrogen (secondary N) is 2. The number of carbonyl (C=O) groups is 1. The van der Waals surface area contributed by atoms with Crippen LogP contribution in [0.4, 0.5) is 10.6 Å². The Morgan fingerprint density at radius 2 is 2.00 bits per heavy atom. The van der Waals surface area contributed by atoms with Gasteiger partial charge in [0.15, 0.2) is 5.65 Å². The van der Waals surface area contributed by atoms with Crippen LogP contribution < -0.4 is 10.6 Å². The first-order valence-electron chi connectivity index (χ1n) is 11.3. The number of nitrogens with zero attached hydrogens (tertiary/aromatic N) is 3. The zero-order chi connectivity index (χ0) is 21.5. The fourth-order valence-corrected chi connectivity index (χ4v) is 4.59. The molecule has 2 aliphatic carbocycles. The Labute approximate surface area is 179 Å². The number of amides is 1. The summed E-state index contributed by atoms with van der Waals surface area (Å²) >= 11 is 0. The van der Waals surface area contributed by atoms with Gasteiger partial charge < -0.3 is 15.4 Å². The lowest BCUT2D eigenvalue weighted by Crippen LogP contribution is -2.38. The average Bonchev–Trinajstić information content (AvgIpc) is 3.28. The van der Waals surface area contributed by atoms with E-state index in [1.165, 1.54) is 18.5 Å². The Bertz CT molecular complexity index is 912. The minimum Gasteiger partial charge on any atom is -0.444 e. The van der Waals surface area contributed by atoms with Gasteiger partial charge in [-0.3, -0.25) is 0 Å². The molecular weight excluding hydrogens is 378 g/mol. The van der Waals surface area contributed by atoms with E-state index in [0.29, 0.717) is 5.92 Å². The van der Waals surface area contributed by atoms with Gasteiger partial charge in [0.25, 0.3) is 0 Å². The van der Waals surface area contributed by atoms with Crippen molar-refractivity contribution < 1.29 is 9.53 Å². The molecule has 164 valence electrons. The molecule has 0 aromatic carbocycles. The Balaban J connectivity index is 1.48. The third-order valence-electron chi connectivity index (χ3n) is 6.18. The number of ether oxygens (including phenoxy) is 1. The third-order valence-corrected chi connectivity index (χ3v) is 6.18. The van der Waals surface area contributed by atoms with Crippen molar-refractivity contribution in [2.24, 2.45) is 5.92 Å². The molecule has 3 atom stereocenters. The molecule has 2 fully saturated rings. The Kier molecular flexibility index (Phi) is 5.64. The summed E-state index contributed by atoms with van der Waals surface area (Å²) in [5.41, 5.74) is 2.74. The van der Waals surface area contributed by atoms with Crippen LogP contribution >= 0.6 is 0 Å². The summed E-state index contributed by atoms with van der Waals surface area (Å²) < 4.78 is 7.33. The molecule has 1 unspecified atom stereocenters. The number of rotatable bonds is 6. The minimum absolute atomic E-state index is 0.128. The number of anilines is 1. The highest BCUT2D eigenvalue weighted by Crippen LogP contribution is 2.44. The molecule has 2 saturated carbocycles. The quantitative estimate of drug-likeness (QED) is 0.711. The van der Waals surface area contributed by atoms with E-state index in [0.717, 1.165) is 48.6 Å². The van der Waals surface area contributed by atoms with E-state index in [2.05, 4.69) is 35.6 Å². The zero-order valence-corrected chi connectivity index (χ0v) is 18.9. The van der Waals surface area contributed by atoms with Crippen LogP contribution in [0.1, 0.15) is 83.4 Å². The number of hydrogen-bond donors (Lipinski definition) is 2. The lowest BCUT2D eigenvalue weighted by Gasteiger charge is -2.22. The van der Waals surface area contributed by atoms with E-state index in [4.69, 9.17) is 9.72 Å². The second-order valence-electron chi connectivity index (χ2n) is 9.98. The maximum Gasteiger partial charge on any atom is 0.407 e. The first-order valence-corrected chi connectivity index (χ1v) is 11.3. The van der Waals surface area contributed by atoms with Gasteiger partial charge in [-0.25, -0.2) is 9.78 Å². The van der Waals surface area contributed by atoms with Gasteiger partial charge in [-0.15, -0.1) is 0 Å². The maximum absolute atomic E-state index is 12.1. The SMILES string of the molecule is CCC(c1cc(N[C@H]2CC[C@H](NC(=O)OC(C)(C)C)C2)n2ncc(C)c2n1)C1CC1. The van der Waals surface area contributed by atoms with E-state index in [1.807, 2.05) is 31.5 Å². The minimum atomic E-state index is -0.477. The molecule has 2 aromatic rings. The van der Waals surface area contributed by atoms with Crippen molar-refractivity contribution in [2.45, 2.75) is 96.7 Å². The Morgan fingerprint density at radius 1 is 1.27 bits per heavy atom. The lowest BCUT2D eigenvalue weighted by molar-refractivity contribution is 0.0505. The number of aromatic nitrogens is 3. The second-order valence-corrected chi connectivity index (χ2v) is 9.98. The van der Waals surface area contributed by atoms with Crippen LogP contribution in [0.15, 0.2) is 12.3 Å². The van der Waals surface area contributed by atoms with Crippen molar-refractivity contribution in [3.63, 3.8) is 0 Å². The molecule has 7 nitrogen and oxygen atoms in total. The van der Waals surface area contributed by atoms with Gasteiger partial charge >= 0.3 is 6.09 Å². The molecule has 2 heterocycles. The Hall–Kier alpha value is -2.31. The molecule has 0 aliphatic heterocycles. The summed E-state index contributed by atoms with van der Waals surface area (Å²) in [6, 6.07) is 2.61. The summed E-state index contributed by atoms with van der Waals surface area (Å²) in [6.45, 7) is 9.98. The smallest absolute Gasteiger partial charge is 0.407 e. The van der Waals surface area contributed by atoms with E-state index in [9.17, 15) is 4.79 Å². The first-order chi connectivity index (χ1) is 14.2. The number of fused-ring (bicyclic) bond motifs is 1. The molecule has 1 amide bonds. The molecule has 0 saturated heterocycles. The van der Waals surface area contributed by atoms with Gasteiger partial charge in [-0.2, -0.15) is 9.61 Å². The van der Waals surface area contributed by atoms with Crippen LogP contribution in [0, 0.1) is 12.8 Å². The molecule has 2 aliphatic rings. The molecule has 30 heavy (non-hydrogen) atoms. The van der Waals surface area contributed by atoms with Crippen molar-refractivity contribution in [1.29, 1.82) is 0 Å². The second kappa shape index (κ2) is 8.08. The van der Waals surface area contributed by atoms with Gasteiger partial charge in [-0.05, 0) is 72.1 Å². The normalized spacial score (nSPS) is 22.8. The largest absolute Gasteiger partial charge is 0.444 e. The number of hydrogen-bond acceptors (Lipinski definition) is 5. The summed E-state index contributed by atoms with van der Waals surface area (Å²) in [7, 11) is 0. The topological polar surface area (TPSA) is 80.5 Å². The van der Waals surface area contributed by atoms with E-state index < -0.39 is 5.60 Å². The van der Waals surface area contributed by atoms with Crippen molar-refractivity contribution in [3.8, 4) is 0 Å². The highest BCUT2D eigenvalue weighted by molar-refractivity contribution is 5.68. The van der Waals surface area contributed by atoms with Crippen LogP contribution in [0.2, 0.25) is 0 Å². The molecule has 0 radical (unpaired) electrons. The van der Waals surface area contributed by atoms with E-state index >= 15 is 0 Å². The van der Waals surface area contributed by atoms with Gasteiger partial charge in [0.2, 0.25) is 0 Å². The molecule has 0 bridgehead atoms. The van der Waals surface area contributed by atoms with Crippen molar-refractivity contribution in [3.05, 3.63) is 23.5 Å². The molecule has 4 rings (SSSR count). The standard InChI is InChI=1S/C23H35N5O2/c1-6-18(15-7-8-15)19-12-20(28-21(27-19)14(2)13-24-28)25-16-9-10-17(11-16)26-22(29)30-23(3,4)5/h12-13,15-18,25H,6-11H2,1-5H3,(H,26,29)/t16-,17-,18?/m0/s1. The highest BCUT2D eigenvalue weighted by atomic mass is 16.6. The maximum atomic E-state index is 12.1. The monoisotopic (exact) mass is 413 g/mol. The predicted octanol–water partition coefficient (Wildman–Crippen LogP) is 4.80. The zero-order valence-electron chi connectivity index (χ0n) is 18.9. The van der Waals surface area contributed by atoms with Crippen LogP contribution in [0.3, 0.4) is 0 Å². The number of aryl methyl sites for hydroxylation is 1. The fourth-order valence-electron chi connectivity index (χ4n) is 4.59. The van der Waals surface area contributed by atoms with Crippen LogP contribution in [0.25, 0.3) is 5.65 Å². The van der Waals surface area contributed by atoms with E-state index in [1.54, 1.807) is 0 Å². The molecule has 7 heteroatoms. The highest BCUT2D eigenvalue weighted by Gasteiger charge is 2.33. The predicted molar refractivity (Wildman–Crippen MR) is 118 cm³/mol. The van der Waals surface area contributed by atoms with Crippen molar-refractivity contribution in [2.75, 3.05) is 5.32 Å². The summed E-state index contributed by atoms with van der Waals surface area (Å²) in [5, 5.41) is 11.3. The van der Waals surface area contributed by atoms with Gasteiger partial charge in [0.1, 0.15) is 11.4 Å². The van der Waals surface area contributed by atoms with Crippen LogP contribution in [0.5, 0.6) is 0 Å². The van der Waals surface area contributed by atoms with E-state index in [-0.39, 0.29) is 18.2 Å². The first kappa shape index (κ1) is 20.9. The summed E-state index contributed by atoms with van der Waals surface area (Å²) in [4.78, 5) is 17.1. The van der Waals surface area contributed by atoms with Gasteiger partial charge in [0, 0.05) is 35.3 Å². The molecular formula is C23H35N5O2. The van der Waals surface area contributed by atoms with Gasteiger partial charge in [0.05, 0.1) is 6.20 Å². The summed E-state index contributed by atoms with van der Waals surface area (Å²) in [6.07, 6.45) is 8.11. The third kappa shape index (κ3) is 4.71. The molecule has 2 N–H and O–H groups in total. The average molecular weight is 414 g/mol. The van der Waals surface area contributed by atoms with Crippen molar-refractivity contribution in [1.82, 2.24) is 19.9 Å². The number of alkyl carbamates (subject to hydrolysis) is 1. The summed E-state index contributed by atoms with van der Waals surface area (Å²) in [5.74, 6) is 2.30. The van der Waals surface area contributed by atoms with Gasteiger partial charge in [-0.1, -0.05) is 6.92 Å². The molecule has 0 spiro atoms. The number of carbonyl (C=O) groups excluding carboxylic acids is 1.